The number of piperidine rings is 1. The number of phenolic OH excluding ortho intramolecular Hbond substituents is 1. The first-order chi connectivity index (χ1) is 22.6. The summed E-state index contributed by atoms with van der Waals surface area (Å²) in [5, 5.41) is 23.6. The summed E-state index contributed by atoms with van der Waals surface area (Å²) in [7, 11) is 6.87. The molecule has 8 atom stereocenters. The molecule has 2 saturated carbocycles. The van der Waals surface area contributed by atoms with Gasteiger partial charge in [0.05, 0.1) is 29.7 Å². The van der Waals surface area contributed by atoms with E-state index in [1.54, 1.807) is 14.1 Å². The second kappa shape index (κ2) is 12.6. The predicted octanol–water partition coefficient (Wildman–Crippen LogP) is 0.00660. The number of likely N-dealkylation sites (N-methyl/N-ethyl adjacent to an activating group) is 1. The lowest BCUT2D eigenvalue weighted by atomic mass is 9.52. The lowest BCUT2D eigenvalue weighted by Gasteiger charge is -2.52. The maximum atomic E-state index is 14.4. The molecule has 4 unspecified atom stereocenters. The maximum absolute atomic E-state index is 14.4. The molecule has 4 fully saturated rings. The Morgan fingerprint density at radius 3 is 2.23 bits per heavy atom. The van der Waals surface area contributed by atoms with Crippen LogP contribution in [0.15, 0.2) is 6.07 Å². The zero-order valence-corrected chi connectivity index (χ0v) is 28.8. The lowest BCUT2D eigenvalue weighted by Crippen LogP contribution is -2.74. The molecule has 4 N–H and O–H groups in total. The number of phenols is 1. The Hall–Kier alpha value is -3.23. The van der Waals surface area contributed by atoms with Gasteiger partial charge in [0.25, 0.3) is 0 Å². The Morgan fingerprint density at radius 1 is 1.04 bits per heavy atom. The molecule has 2 saturated heterocycles. The molecule has 1 aromatic rings. The van der Waals surface area contributed by atoms with Crippen LogP contribution in [0.25, 0.3) is 0 Å². The van der Waals surface area contributed by atoms with E-state index in [1.165, 1.54) is 4.90 Å². The number of likely N-dealkylation sites (tertiary alicyclic amines) is 1. The third kappa shape index (κ3) is 5.47. The van der Waals surface area contributed by atoms with Crippen LogP contribution in [0.2, 0.25) is 0 Å². The molecular formula is C35H49N5O8. The topological polar surface area (TPSA) is 174 Å². The van der Waals surface area contributed by atoms with E-state index in [-0.39, 0.29) is 36.4 Å². The first-order valence-electron chi connectivity index (χ1n) is 17.1. The van der Waals surface area contributed by atoms with Gasteiger partial charge < -0.3 is 25.6 Å². The third-order valence-electron chi connectivity index (χ3n) is 11.5. The van der Waals surface area contributed by atoms with E-state index in [2.05, 4.69) is 23.6 Å². The highest BCUT2D eigenvalue weighted by molar-refractivity contribution is 6.32. The molecule has 0 spiro atoms. The molecule has 262 valence electrons. The van der Waals surface area contributed by atoms with Crippen molar-refractivity contribution in [2.24, 2.45) is 29.4 Å². The number of carbonyl (C=O) groups excluding carboxylic acids is 5. The van der Waals surface area contributed by atoms with Crippen molar-refractivity contribution in [3.63, 3.8) is 0 Å². The fourth-order valence-electron chi connectivity index (χ4n) is 9.43. The van der Waals surface area contributed by atoms with Gasteiger partial charge in [-0.3, -0.25) is 38.7 Å². The average molecular weight is 668 g/mol. The van der Waals surface area contributed by atoms with Gasteiger partial charge in [0.1, 0.15) is 5.75 Å². The summed E-state index contributed by atoms with van der Waals surface area (Å²) in [6, 6.07) is 1.23. The number of nitrogens with two attached hydrogens (primary N) is 1. The molecule has 2 heterocycles. The Bertz CT molecular complexity index is 1530. The molecular weight excluding hydrogens is 618 g/mol. The van der Waals surface area contributed by atoms with Crippen LogP contribution in [0.3, 0.4) is 0 Å². The third-order valence-corrected chi connectivity index (χ3v) is 11.5. The number of carbonyl (C=O) groups is 5. The van der Waals surface area contributed by atoms with Crippen molar-refractivity contribution in [3.8, 4) is 5.75 Å². The van der Waals surface area contributed by atoms with Crippen molar-refractivity contribution in [1.29, 1.82) is 0 Å². The summed E-state index contributed by atoms with van der Waals surface area (Å²) >= 11 is 0. The SMILES string of the molecule is CC1CN(C2CCN(Cc3cc(N(C)C)c4c(c3O)C(=O)C3C(=O)[C@]5(O)C(=O)C(C(N)=O)C(=O)[C@@H](N(C)C)[C@@H]5C[C@@H]3C4)CC2)CC(C)O1. The summed E-state index contributed by atoms with van der Waals surface area (Å²) in [5.74, 6) is -10.3. The number of benzene rings is 1. The van der Waals surface area contributed by atoms with E-state index in [0.717, 1.165) is 44.7 Å². The van der Waals surface area contributed by atoms with Crippen molar-refractivity contribution in [1.82, 2.24) is 14.7 Å². The Kier molecular flexibility index (Phi) is 9.08. The van der Waals surface area contributed by atoms with E-state index in [1.807, 2.05) is 25.1 Å². The fourth-order valence-corrected chi connectivity index (χ4v) is 9.43. The Labute approximate surface area is 281 Å². The fraction of sp³-hybridized carbons (Fsp3) is 0.686. The van der Waals surface area contributed by atoms with Crippen LogP contribution in [0.1, 0.15) is 54.6 Å². The van der Waals surface area contributed by atoms with Crippen molar-refractivity contribution in [2.75, 3.05) is 59.3 Å². The molecule has 0 bridgehead atoms. The number of hydrogen-bond donors (Lipinski definition) is 3. The molecule has 2 aliphatic heterocycles. The van der Waals surface area contributed by atoms with E-state index in [4.69, 9.17) is 10.5 Å². The molecule has 48 heavy (non-hydrogen) atoms. The highest BCUT2D eigenvalue weighted by Crippen LogP contribution is 2.52. The van der Waals surface area contributed by atoms with Gasteiger partial charge in [0, 0.05) is 56.9 Å². The number of anilines is 1. The van der Waals surface area contributed by atoms with Gasteiger partial charge in [-0.05, 0) is 84.3 Å². The zero-order chi connectivity index (χ0) is 35.0. The van der Waals surface area contributed by atoms with Crippen LogP contribution in [-0.4, -0.2) is 138 Å². The molecule has 1 amide bonds. The van der Waals surface area contributed by atoms with Gasteiger partial charge in [-0.15, -0.1) is 0 Å². The number of primary amides is 1. The average Bonchev–Trinajstić information content (AvgIpc) is 2.99. The van der Waals surface area contributed by atoms with E-state index in [9.17, 15) is 34.2 Å². The lowest BCUT2D eigenvalue weighted by molar-refractivity contribution is -0.181. The number of hydrogen-bond acceptors (Lipinski definition) is 12. The summed E-state index contributed by atoms with van der Waals surface area (Å²) in [6.45, 7) is 8.08. The second-order valence-corrected chi connectivity index (χ2v) is 15.2. The van der Waals surface area contributed by atoms with Gasteiger partial charge in [-0.1, -0.05) is 0 Å². The van der Waals surface area contributed by atoms with Crippen molar-refractivity contribution in [3.05, 3.63) is 22.8 Å². The number of aromatic hydroxyl groups is 1. The van der Waals surface area contributed by atoms with Crippen LogP contribution in [0.5, 0.6) is 5.75 Å². The first-order valence-corrected chi connectivity index (χ1v) is 17.1. The van der Waals surface area contributed by atoms with Crippen LogP contribution < -0.4 is 10.6 Å². The summed E-state index contributed by atoms with van der Waals surface area (Å²) in [5.41, 5.74) is 4.65. The molecule has 0 radical (unpaired) electrons. The van der Waals surface area contributed by atoms with Crippen LogP contribution in [0.4, 0.5) is 5.69 Å². The van der Waals surface area contributed by atoms with Gasteiger partial charge >= 0.3 is 0 Å². The number of ether oxygens (including phenoxy) is 1. The molecule has 13 nitrogen and oxygen atoms in total. The van der Waals surface area contributed by atoms with E-state index < -0.39 is 64.4 Å². The molecule has 6 rings (SSSR count). The van der Waals surface area contributed by atoms with Gasteiger partial charge in [-0.2, -0.15) is 0 Å². The molecule has 3 aliphatic carbocycles. The van der Waals surface area contributed by atoms with Gasteiger partial charge in [-0.25, -0.2) is 0 Å². The van der Waals surface area contributed by atoms with Crippen LogP contribution >= 0.6 is 0 Å². The number of Topliss-reactive ketones (excluding diaryl/α,β-unsaturated/α-hetero) is 4. The molecule has 1 aromatic carbocycles. The minimum atomic E-state index is -2.74. The van der Waals surface area contributed by atoms with Crippen molar-refractivity contribution in [2.45, 2.75) is 76.0 Å². The number of nitrogens with zero attached hydrogens (tertiary/aromatic N) is 4. The number of ketones is 4. The van der Waals surface area contributed by atoms with E-state index in [0.29, 0.717) is 23.7 Å². The number of aliphatic hydroxyl groups is 1. The van der Waals surface area contributed by atoms with Crippen molar-refractivity contribution < 1.29 is 38.9 Å². The number of rotatable bonds is 6. The quantitative estimate of drug-likeness (QED) is 0.347. The number of amides is 1. The van der Waals surface area contributed by atoms with Crippen LogP contribution in [0, 0.1) is 23.7 Å². The molecule has 5 aliphatic rings. The van der Waals surface area contributed by atoms with Gasteiger partial charge in [0.2, 0.25) is 5.91 Å². The Balaban J connectivity index is 1.30. The summed E-state index contributed by atoms with van der Waals surface area (Å²) < 4.78 is 5.92. The van der Waals surface area contributed by atoms with E-state index >= 15 is 0 Å². The summed E-state index contributed by atoms with van der Waals surface area (Å²) in [6.07, 6.45) is 2.59. The zero-order valence-electron chi connectivity index (χ0n) is 28.8. The highest BCUT2D eigenvalue weighted by Gasteiger charge is 2.69. The largest absolute Gasteiger partial charge is 0.507 e. The molecule has 13 heteroatoms. The smallest absolute Gasteiger partial charge is 0.235 e. The normalized spacial score (nSPS) is 35.0. The van der Waals surface area contributed by atoms with Gasteiger partial charge in [0.15, 0.2) is 34.7 Å². The van der Waals surface area contributed by atoms with Crippen molar-refractivity contribution >= 4 is 34.7 Å². The minimum Gasteiger partial charge on any atom is -0.507 e. The minimum absolute atomic E-state index is 0.0227. The predicted molar refractivity (Wildman–Crippen MR) is 176 cm³/mol. The number of morpholine rings is 1. The Morgan fingerprint density at radius 2 is 1.67 bits per heavy atom. The monoisotopic (exact) mass is 667 g/mol. The molecule has 0 aromatic heterocycles. The standard InChI is InChI=1S/C35H49N5O8/c1-17-14-40(15-18(2)48-17)21-7-9-39(10-8-21)16-20-13-24(37(3)4)22-11-19-12-23-28(38(5)6)31(43)27(34(36)46)33(45)35(23,47)32(44)25(19)30(42)26(22)29(20)41/h13,17-19,21,23,25,27-28,41,47H,7-12,14-16H2,1-6H3,(H2,36,46)/t17?,18?,19-,23-,25?,27?,28-,35-/m0/s1. The van der Waals surface area contributed by atoms with Crippen LogP contribution in [-0.2, 0) is 36.9 Å². The highest BCUT2D eigenvalue weighted by atomic mass is 16.5. The number of fused-ring (bicyclic) bond motifs is 3. The maximum Gasteiger partial charge on any atom is 0.235 e. The second-order valence-electron chi connectivity index (χ2n) is 15.2. The first kappa shape index (κ1) is 34.6. The summed E-state index contributed by atoms with van der Waals surface area (Å²) in [4.78, 5) is 76.0.